The number of benzene rings is 1. The summed E-state index contributed by atoms with van der Waals surface area (Å²) in [7, 11) is 3.53. The molecule has 0 bridgehead atoms. The Labute approximate surface area is 101 Å². The van der Waals surface area contributed by atoms with Crippen molar-refractivity contribution in [1.82, 2.24) is 0 Å². The van der Waals surface area contributed by atoms with Crippen molar-refractivity contribution in [3.8, 4) is 0 Å². The standard InChI is InChI=1S/C12H18N2O3/c1-14(6-3-7-17-2)11-8-9(12(15)16)4-5-10(11)13/h4-5,8H,3,6-7,13H2,1-2H3,(H,15,16). The van der Waals surface area contributed by atoms with Crippen molar-refractivity contribution in [2.45, 2.75) is 6.42 Å². The molecule has 0 unspecified atom stereocenters. The molecule has 94 valence electrons. The Balaban J connectivity index is 2.80. The number of anilines is 2. The van der Waals surface area contributed by atoms with Gasteiger partial charge in [0.2, 0.25) is 0 Å². The third-order valence-corrected chi connectivity index (χ3v) is 2.53. The number of hydrogen-bond acceptors (Lipinski definition) is 4. The van der Waals surface area contributed by atoms with Gasteiger partial charge in [0.25, 0.3) is 0 Å². The summed E-state index contributed by atoms with van der Waals surface area (Å²) in [5, 5.41) is 8.92. The van der Waals surface area contributed by atoms with E-state index in [9.17, 15) is 4.79 Å². The van der Waals surface area contributed by atoms with E-state index in [0.717, 1.165) is 18.7 Å². The molecule has 0 saturated heterocycles. The van der Waals surface area contributed by atoms with Crippen LogP contribution in [0.25, 0.3) is 0 Å². The van der Waals surface area contributed by atoms with Crippen LogP contribution in [0.3, 0.4) is 0 Å². The van der Waals surface area contributed by atoms with Gasteiger partial charge in [0.05, 0.1) is 16.9 Å². The lowest BCUT2D eigenvalue weighted by Gasteiger charge is -2.21. The van der Waals surface area contributed by atoms with Gasteiger partial charge in [-0.05, 0) is 24.6 Å². The Morgan fingerprint density at radius 3 is 2.82 bits per heavy atom. The van der Waals surface area contributed by atoms with Crippen molar-refractivity contribution >= 4 is 17.3 Å². The van der Waals surface area contributed by atoms with Crippen LogP contribution in [0.4, 0.5) is 11.4 Å². The van der Waals surface area contributed by atoms with E-state index in [4.69, 9.17) is 15.6 Å². The van der Waals surface area contributed by atoms with Crippen LogP contribution in [0, 0.1) is 0 Å². The van der Waals surface area contributed by atoms with Gasteiger partial charge >= 0.3 is 5.97 Å². The number of carbonyl (C=O) groups is 1. The molecule has 17 heavy (non-hydrogen) atoms. The number of nitrogen functional groups attached to an aromatic ring is 1. The lowest BCUT2D eigenvalue weighted by atomic mass is 10.1. The zero-order valence-corrected chi connectivity index (χ0v) is 10.1. The molecule has 0 radical (unpaired) electrons. The van der Waals surface area contributed by atoms with Gasteiger partial charge in [-0.25, -0.2) is 4.79 Å². The first-order valence-corrected chi connectivity index (χ1v) is 5.39. The fourth-order valence-corrected chi connectivity index (χ4v) is 1.57. The summed E-state index contributed by atoms with van der Waals surface area (Å²) in [5.41, 5.74) is 7.39. The Morgan fingerprint density at radius 2 is 2.24 bits per heavy atom. The van der Waals surface area contributed by atoms with E-state index < -0.39 is 5.97 Å². The van der Waals surface area contributed by atoms with Gasteiger partial charge in [-0.15, -0.1) is 0 Å². The zero-order chi connectivity index (χ0) is 12.8. The summed E-state index contributed by atoms with van der Waals surface area (Å²) < 4.78 is 4.97. The predicted molar refractivity (Wildman–Crippen MR) is 67.6 cm³/mol. The molecule has 1 rings (SSSR count). The molecule has 0 atom stereocenters. The molecule has 0 fully saturated rings. The van der Waals surface area contributed by atoms with Crippen LogP contribution in [0.15, 0.2) is 18.2 Å². The van der Waals surface area contributed by atoms with Gasteiger partial charge in [0, 0.05) is 27.3 Å². The van der Waals surface area contributed by atoms with E-state index in [2.05, 4.69) is 0 Å². The minimum atomic E-state index is -0.948. The highest BCUT2D eigenvalue weighted by molar-refractivity contribution is 5.90. The number of aromatic carboxylic acids is 1. The zero-order valence-electron chi connectivity index (χ0n) is 10.1. The van der Waals surface area contributed by atoms with Crippen molar-refractivity contribution in [2.75, 3.05) is 37.9 Å². The van der Waals surface area contributed by atoms with Crippen molar-refractivity contribution in [1.29, 1.82) is 0 Å². The minimum absolute atomic E-state index is 0.243. The maximum atomic E-state index is 10.9. The highest BCUT2D eigenvalue weighted by Crippen LogP contribution is 2.23. The molecule has 0 saturated carbocycles. The van der Waals surface area contributed by atoms with E-state index in [1.165, 1.54) is 6.07 Å². The number of ether oxygens (including phenoxy) is 1. The Bertz CT molecular complexity index is 393. The third-order valence-electron chi connectivity index (χ3n) is 2.53. The summed E-state index contributed by atoms with van der Waals surface area (Å²) in [5.74, 6) is -0.948. The number of carboxylic acids is 1. The topological polar surface area (TPSA) is 75.8 Å². The second-order valence-corrected chi connectivity index (χ2v) is 3.85. The van der Waals surface area contributed by atoms with Gasteiger partial charge < -0.3 is 20.5 Å². The average Bonchev–Trinajstić information content (AvgIpc) is 2.29. The monoisotopic (exact) mass is 238 g/mol. The molecule has 5 nitrogen and oxygen atoms in total. The fraction of sp³-hybridized carbons (Fsp3) is 0.417. The summed E-state index contributed by atoms with van der Waals surface area (Å²) in [6.07, 6.45) is 0.865. The molecule has 5 heteroatoms. The SMILES string of the molecule is COCCCN(C)c1cc(C(=O)O)ccc1N. The molecule has 0 spiro atoms. The van der Waals surface area contributed by atoms with Gasteiger partial charge in [-0.1, -0.05) is 0 Å². The van der Waals surface area contributed by atoms with E-state index in [-0.39, 0.29) is 5.56 Å². The second kappa shape index (κ2) is 6.10. The van der Waals surface area contributed by atoms with Gasteiger partial charge in [0.15, 0.2) is 0 Å². The highest BCUT2D eigenvalue weighted by atomic mass is 16.5. The molecule has 3 N–H and O–H groups in total. The van der Waals surface area contributed by atoms with Crippen LogP contribution < -0.4 is 10.6 Å². The lowest BCUT2D eigenvalue weighted by molar-refractivity contribution is 0.0697. The van der Waals surface area contributed by atoms with Gasteiger partial charge in [0.1, 0.15) is 0 Å². The normalized spacial score (nSPS) is 10.2. The Morgan fingerprint density at radius 1 is 1.53 bits per heavy atom. The number of nitrogens with zero attached hydrogens (tertiary/aromatic N) is 1. The van der Waals surface area contributed by atoms with Crippen LogP contribution in [0.5, 0.6) is 0 Å². The van der Waals surface area contributed by atoms with Crippen LogP contribution >= 0.6 is 0 Å². The molecule has 1 aromatic carbocycles. The fourth-order valence-electron chi connectivity index (χ4n) is 1.57. The number of hydrogen-bond donors (Lipinski definition) is 2. The van der Waals surface area contributed by atoms with E-state index in [1.54, 1.807) is 19.2 Å². The maximum Gasteiger partial charge on any atom is 0.335 e. The lowest BCUT2D eigenvalue weighted by Crippen LogP contribution is -2.21. The number of nitrogens with two attached hydrogens (primary N) is 1. The van der Waals surface area contributed by atoms with Crippen molar-refractivity contribution in [3.63, 3.8) is 0 Å². The van der Waals surface area contributed by atoms with Crippen molar-refractivity contribution < 1.29 is 14.6 Å². The van der Waals surface area contributed by atoms with Crippen molar-refractivity contribution in [2.24, 2.45) is 0 Å². The molecule has 0 aliphatic heterocycles. The molecule has 0 aliphatic rings. The molecule has 0 aliphatic carbocycles. The van der Waals surface area contributed by atoms with Crippen molar-refractivity contribution in [3.05, 3.63) is 23.8 Å². The molecular weight excluding hydrogens is 220 g/mol. The van der Waals surface area contributed by atoms with E-state index in [1.807, 2.05) is 11.9 Å². The summed E-state index contributed by atoms with van der Waals surface area (Å²) >= 11 is 0. The highest BCUT2D eigenvalue weighted by Gasteiger charge is 2.09. The van der Waals surface area contributed by atoms with Crippen LogP contribution in [0.2, 0.25) is 0 Å². The smallest absolute Gasteiger partial charge is 0.335 e. The minimum Gasteiger partial charge on any atom is -0.478 e. The summed E-state index contributed by atoms with van der Waals surface area (Å²) in [4.78, 5) is 12.8. The van der Waals surface area contributed by atoms with E-state index in [0.29, 0.717) is 12.3 Å². The quantitative estimate of drug-likeness (QED) is 0.579. The van der Waals surface area contributed by atoms with Gasteiger partial charge in [-0.3, -0.25) is 0 Å². The first kappa shape index (κ1) is 13.3. The Hall–Kier alpha value is -1.75. The first-order chi connectivity index (χ1) is 8.06. The molecule has 0 aromatic heterocycles. The number of rotatable bonds is 6. The summed E-state index contributed by atoms with van der Waals surface area (Å²) in [6, 6.07) is 4.71. The molecule has 1 aromatic rings. The Kier molecular flexibility index (Phi) is 4.78. The largest absolute Gasteiger partial charge is 0.478 e. The first-order valence-electron chi connectivity index (χ1n) is 5.39. The third kappa shape index (κ3) is 3.64. The maximum absolute atomic E-state index is 10.9. The second-order valence-electron chi connectivity index (χ2n) is 3.85. The molecule has 0 heterocycles. The van der Waals surface area contributed by atoms with Gasteiger partial charge in [-0.2, -0.15) is 0 Å². The predicted octanol–water partition coefficient (Wildman–Crippen LogP) is 1.44. The van der Waals surface area contributed by atoms with Crippen LogP contribution in [-0.4, -0.2) is 38.4 Å². The number of methoxy groups -OCH3 is 1. The summed E-state index contributed by atoms with van der Waals surface area (Å²) in [6.45, 7) is 1.43. The molecule has 0 amide bonds. The van der Waals surface area contributed by atoms with E-state index >= 15 is 0 Å². The van der Waals surface area contributed by atoms with Crippen LogP contribution in [-0.2, 0) is 4.74 Å². The van der Waals surface area contributed by atoms with Crippen LogP contribution in [0.1, 0.15) is 16.8 Å². The number of carboxylic acid groups (broad SMARTS) is 1. The average molecular weight is 238 g/mol. The molecular formula is C12H18N2O3.